The molecule has 2 aromatic carbocycles. The van der Waals surface area contributed by atoms with Gasteiger partial charge in [-0.1, -0.05) is 53.7 Å². The van der Waals surface area contributed by atoms with Crippen molar-refractivity contribution in [3.63, 3.8) is 0 Å². The predicted molar refractivity (Wildman–Crippen MR) is 111 cm³/mol. The maximum atomic E-state index is 13.5. The van der Waals surface area contributed by atoms with Crippen LogP contribution in [0, 0.1) is 6.92 Å². The number of hydrogen-bond donors (Lipinski definition) is 2. The summed E-state index contributed by atoms with van der Waals surface area (Å²) in [7, 11) is 0. The van der Waals surface area contributed by atoms with E-state index in [0.29, 0.717) is 16.6 Å². The molecule has 0 aliphatic carbocycles. The molecule has 0 aliphatic rings. The van der Waals surface area contributed by atoms with Crippen molar-refractivity contribution in [2.24, 2.45) is 0 Å². The molecule has 1 unspecified atom stereocenters. The largest absolute Gasteiger partial charge is 0.417 e. The van der Waals surface area contributed by atoms with E-state index in [0.717, 1.165) is 6.07 Å². The number of halogens is 3. The molecule has 32 heavy (non-hydrogen) atoms. The second-order valence-electron chi connectivity index (χ2n) is 7.18. The fraction of sp³-hybridized carbons (Fsp3) is 0.174. The van der Waals surface area contributed by atoms with Gasteiger partial charge in [0.25, 0.3) is 11.6 Å². The highest BCUT2D eigenvalue weighted by molar-refractivity contribution is 6.07. The highest BCUT2D eigenvalue weighted by Gasteiger charge is 2.34. The molecule has 4 rings (SSSR count). The van der Waals surface area contributed by atoms with Crippen molar-refractivity contribution in [1.82, 2.24) is 15.5 Å². The lowest BCUT2D eigenvalue weighted by atomic mass is 10.0. The van der Waals surface area contributed by atoms with E-state index in [1.807, 2.05) is 0 Å². The number of nitrogens with zero attached hydrogens (tertiary/aromatic N) is 2. The third-order valence-electron chi connectivity index (χ3n) is 5.01. The molecule has 0 spiro atoms. The van der Waals surface area contributed by atoms with Gasteiger partial charge in [-0.3, -0.25) is 4.79 Å². The molecule has 0 bridgehead atoms. The van der Waals surface area contributed by atoms with Crippen molar-refractivity contribution in [3.05, 3.63) is 83.0 Å². The fourth-order valence-corrected chi connectivity index (χ4v) is 3.44. The number of aliphatic hydroxyl groups excluding tert-OH is 1. The topological polar surface area (TPSA) is 88.2 Å². The standard InChI is InChI=1S/C23H18F3N3O3/c1-13-20-16(21(31)27-12-19(30)14-7-3-2-4-8-14)11-18(28-22(20)32-29-13)15-9-5-6-10-17(15)23(24,25)26/h2-11,19,30H,12H2,1H3,(H,27,31). The fourth-order valence-electron chi connectivity index (χ4n) is 3.44. The van der Waals surface area contributed by atoms with Gasteiger partial charge in [0.2, 0.25) is 0 Å². The molecule has 1 atom stereocenters. The van der Waals surface area contributed by atoms with Crippen molar-refractivity contribution in [1.29, 1.82) is 0 Å². The Morgan fingerprint density at radius 1 is 1.12 bits per heavy atom. The molecule has 9 heteroatoms. The van der Waals surface area contributed by atoms with Gasteiger partial charge in [-0.25, -0.2) is 4.98 Å². The summed E-state index contributed by atoms with van der Waals surface area (Å²) in [4.78, 5) is 17.1. The maximum absolute atomic E-state index is 13.5. The second-order valence-corrected chi connectivity index (χ2v) is 7.18. The molecule has 2 N–H and O–H groups in total. The summed E-state index contributed by atoms with van der Waals surface area (Å²) in [5.74, 6) is -0.593. The second kappa shape index (κ2) is 8.43. The van der Waals surface area contributed by atoms with Crippen LogP contribution in [0.2, 0.25) is 0 Å². The lowest BCUT2D eigenvalue weighted by Gasteiger charge is -2.14. The normalized spacial score (nSPS) is 12.7. The minimum atomic E-state index is -4.60. The van der Waals surface area contributed by atoms with Gasteiger partial charge in [0.05, 0.1) is 34.0 Å². The summed E-state index contributed by atoms with van der Waals surface area (Å²) < 4.78 is 45.7. The molecule has 2 aromatic heterocycles. The van der Waals surface area contributed by atoms with Crippen LogP contribution in [-0.2, 0) is 6.18 Å². The predicted octanol–water partition coefficient (Wildman–Crippen LogP) is 4.68. The van der Waals surface area contributed by atoms with Crippen molar-refractivity contribution in [2.45, 2.75) is 19.2 Å². The highest BCUT2D eigenvalue weighted by atomic mass is 19.4. The number of amides is 1. The number of alkyl halides is 3. The number of hydrogen-bond acceptors (Lipinski definition) is 5. The minimum Gasteiger partial charge on any atom is -0.387 e. The van der Waals surface area contributed by atoms with E-state index in [4.69, 9.17) is 4.52 Å². The molecule has 6 nitrogen and oxygen atoms in total. The third kappa shape index (κ3) is 4.19. The van der Waals surface area contributed by atoms with Gasteiger partial charge in [0.15, 0.2) is 0 Å². The van der Waals surface area contributed by atoms with Gasteiger partial charge in [0, 0.05) is 12.1 Å². The van der Waals surface area contributed by atoms with E-state index < -0.39 is 23.8 Å². The Morgan fingerprint density at radius 3 is 2.53 bits per heavy atom. The van der Waals surface area contributed by atoms with Crippen molar-refractivity contribution >= 4 is 17.0 Å². The molecule has 164 valence electrons. The van der Waals surface area contributed by atoms with Crippen molar-refractivity contribution < 1.29 is 27.6 Å². The quantitative estimate of drug-likeness (QED) is 0.470. The number of fused-ring (bicyclic) bond motifs is 1. The van der Waals surface area contributed by atoms with E-state index in [9.17, 15) is 23.1 Å². The minimum absolute atomic E-state index is 0.0502. The number of aliphatic hydroxyl groups is 1. The Morgan fingerprint density at radius 2 is 1.81 bits per heavy atom. The van der Waals surface area contributed by atoms with Gasteiger partial charge >= 0.3 is 6.18 Å². The monoisotopic (exact) mass is 441 g/mol. The van der Waals surface area contributed by atoms with Gasteiger partial charge in [-0.2, -0.15) is 13.2 Å². The van der Waals surface area contributed by atoms with Crippen LogP contribution in [0.3, 0.4) is 0 Å². The number of aromatic nitrogens is 2. The van der Waals surface area contributed by atoms with E-state index in [1.54, 1.807) is 37.3 Å². The first-order valence-corrected chi connectivity index (χ1v) is 9.70. The van der Waals surface area contributed by atoms with Crippen LogP contribution < -0.4 is 5.32 Å². The van der Waals surface area contributed by atoms with E-state index in [2.05, 4.69) is 15.5 Å². The first-order valence-electron chi connectivity index (χ1n) is 9.70. The zero-order valence-electron chi connectivity index (χ0n) is 16.8. The van der Waals surface area contributed by atoms with E-state index >= 15 is 0 Å². The Bertz CT molecular complexity index is 1270. The summed E-state index contributed by atoms with van der Waals surface area (Å²) in [5.41, 5.74) is -0.143. The molecule has 4 aromatic rings. The summed E-state index contributed by atoms with van der Waals surface area (Å²) in [6.45, 7) is 1.51. The number of carbonyl (C=O) groups is 1. The molecule has 0 saturated carbocycles. The molecular weight excluding hydrogens is 423 g/mol. The summed E-state index contributed by atoms with van der Waals surface area (Å²) in [6, 6.07) is 15.0. The number of rotatable bonds is 5. The first kappa shape index (κ1) is 21.5. The van der Waals surface area contributed by atoms with Crippen LogP contribution in [0.25, 0.3) is 22.4 Å². The highest BCUT2D eigenvalue weighted by Crippen LogP contribution is 2.37. The number of carbonyl (C=O) groups excluding carboxylic acids is 1. The van der Waals surface area contributed by atoms with E-state index in [1.165, 1.54) is 24.3 Å². The number of benzene rings is 2. The molecule has 0 aliphatic heterocycles. The van der Waals surface area contributed by atoms with Gasteiger partial charge in [-0.15, -0.1) is 0 Å². The van der Waals surface area contributed by atoms with Crippen LogP contribution in [0.5, 0.6) is 0 Å². The summed E-state index contributed by atoms with van der Waals surface area (Å²) in [5, 5.41) is 17.0. The molecule has 1 amide bonds. The summed E-state index contributed by atoms with van der Waals surface area (Å²) in [6.07, 6.45) is -5.56. The zero-order chi connectivity index (χ0) is 22.9. The molecule has 2 heterocycles. The van der Waals surface area contributed by atoms with Crippen molar-refractivity contribution in [3.8, 4) is 11.3 Å². The lowest BCUT2D eigenvalue weighted by molar-refractivity contribution is -0.137. The lowest BCUT2D eigenvalue weighted by Crippen LogP contribution is -2.28. The van der Waals surface area contributed by atoms with Gasteiger partial charge < -0.3 is 14.9 Å². The zero-order valence-corrected chi connectivity index (χ0v) is 16.8. The van der Waals surface area contributed by atoms with Gasteiger partial charge in [-0.05, 0) is 24.6 Å². The molecular formula is C23H18F3N3O3. The molecule has 0 fully saturated rings. The smallest absolute Gasteiger partial charge is 0.387 e. The van der Waals surface area contributed by atoms with Gasteiger partial charge in [0.1, 0.15) is 0 Å². The Balaban J connectivity index is 1.72. The number of pyridine rings is 1. The van der Waals surface area contributed by atoms with Crippen LogP contribution in [-0.4, -0.2) is 27.7 Å². The SMILES string of the molecule is Cc1noc2nc(-c3ccccc3C(F)(F)F)cc(C(=O)NCC(O)c3ccccc3)c12. The molecule has 0 radical (unpaired) electrons. The Kier molecular flexibility index (Phi) is 5.67. The van der Waals surface area contributed by atoms with Crippen molar-refractivity contribution in [2.75, 3.05) is 6.54 Å². The van der Waals surface area contributed by atoms with Crippen LogP contribution in [0.4, 0.5) is 13.2 Å². The van der Waals surface area contributed by atoms with Crippen LogP contribution in [0.15, 0.2) is 65.2 Å². The van der Waals surface area contributed by atoms with E-state index in [-0.39, 0.29) is 29.1 Å². The average molecular weight is 441 g/mol. The first-order chi connectivity index (χ1) is 15.3. The maximum Gasteiger partial charge on any atom is 0.417 e. The van der Waals surface area contributed by atoms with Crippen LogP contribution in [0.1, 0.15) is 33.3 Å². The Labute approximate surface area is 180 Å². The number of nitrogens with one attached hydrogen (secondary N) is 1. The molecule has 0 saturated heterocycles. The third-order valence-corrected chi connectivity index (χ3v) is 5.01. The Hall–Kier alpha value is -3.72. The number of aryl methyl sites for hydroxylation is 1. The average Bonchev–Trinajstić information content (AvgIpc) is 3.17. The van der Waals surface area contributed by atoms with Crippen LogP contribution >= 0.6 is 0 Å². The summed E-state index contributed by atoms with van der Waals surface area (Å²) >= 11 is 0.